The Morgan fingerprint density at radius 2 is 1.19 bits per heavy atom. The summed E-state index contributed by atoms with van der Waals surface area (Å²) in [5.41, 5.74) is 11.6. The van der Waals surface area contributed by atoms with Crippen LogP contribution in [0.15, 0.2) is 24.3 Å². The van der Waals surface area contributed by atoms with E-state index in [9.17, 15) is 19.2 Å². The van der Waals surface area contributed by atoms with E-state index in [0.29, 0.717) is 55.5 Å². The maximum absolute atomic E-state index is 12.5. The fourth-order valence-electron chi connectivity index (χ4n) is 8.47. The SMILES string of the molecule is CCOC(C)=O.COC(=O)c1cc(-c2nc3c([nH]2)CCN(C(=O)OC(C)(C)C)CC3)c(C2CCC2)cc1C.COC(=O)c1cc(-c2nc3c([nH]2)CCNCC3)c(C2CCC2)cc1C.Cl. The highest BCUT2D eigenvalue weighted by molar-refractivity contribution is 5.93. The van der Waals surface area contributed by atoms with Gasteiger partial charge in [0.05, 0.1) is 43.3 Å². The molecule has 15 heteroatoms. The molecule has 2 aromatic heterocycles. The smallest absolute Gasteiger partial charge is 0.410 e. The van der Waals surface area contributed by atoms with E-state index < -0.39 is 5.60 Å². The van der Waals surface area contributed by atoms with Crippen LogP contribution in [0.4, 0.5) is 4.79 Å². The molecule has 348 valence electrons. The van der Waals surface area contributed by atoms with Crippen LogP contribution in [0, 0.1) is 13.8 Å². The Morgan fingerprint density at radius 1 is 0.719 bits per heavy atom. The number of fused-ring (bicyclic) bond motifs is 2. The number of esters is 3. The molecule has 0 bridgehead atoms. The fraction of sp³-hybridized carbons (Fsp3) is 0.551. The monoisotopic (exact) mass is 902 g/mol. The summed E-state index contributed by atoms with van der Waals surface area (Å²) < 4.78 is 19.9. The lowest BCUT2D eigenvalue weighted by Gasteiger charge is -2.28. The van der Waals surface area contributed by atoms with E-state index in [1.165, 1.54) is 63.6 Å². The Morgan fingerprint density at radius 3 is 1.61 bits per heavy atom. The lowest BCUT2D eigenvalue weighted by Crippen LogP contribution is -2.38. The van der Waals surface area contributed by atoms with Crippen LogP contribution in [0.25, 0.3) is 22.8 Å². The Balaban J connectivity index is 0.000000215. The zero-order valence-corrected chi connectivity index (χ0v) is 39.9. The number of aromatic nitrogens is 4. The largest absolute Gasteiger partial charge is 0.466 e. The molecule has 0 saturated heterocycles. The number of nitrogens with zero attached hydrogens (tertiary/aromatic N) is 3. The molecule has 4 aromatic rings. The zero-order chi connectivity index (χ0) is 45.4. The molecule has 3 N–H and O–H groups in total. The molecule has 14 nitrogen and oxygen atoms in total. The van der Waals surface area contributed by atoms with Gasteiger partial charge in [-0.05, 0) is 113 Å². The molecule has 64 heavy (non-hydrogen) atoms. The summed E-state index contributed by atoms with van der Waals surface area (Å²) in [6.45, 7) is 16.3. The van der Waals surface area contributed by atoms with Gasteiger partial charge in [-0.2, -0.15) is 0 Å². The van der Waals surface area contributed by atoms with Crippen LogP contribution in [-0.4, -0.2) is 101 Å². The Hall–Kier alpha value is -5.21. The minimum Gasteiger partial charge on any atom is -0.466 e. The van der Waals surface area contributed by atoms with Gasteiger partial charge in [0.2, 0.25) is 0 Å². The lowest BCUT2D eigenvalue weighted by atomic mass is 9.77. The van der Waals surface area contributed by atoms with Gasteiger partial charge < -0.3 is 39.1 Å². The first-order valence-corrected chi connectivity index (χ1v) is 22.5. The van der Waals surface area contributed by atoms with Crippen molar-refractivity contribution < 1.29 is 38.1 Å². The average Bonchev–Trinajstić information content (AvgIpc) is 3.64. The van der Waals surface area contributed by atoms with Crippen LogP contribution < -0.4 is 5.32 Å². The molecular formula is C49H67ClN6O8. The number of nitrogens with one attached hydrogen (secondary N) is 3. The maximum Gasteiger partial charge on any atom is 0.410 e. The van der Waals surface area contributed by atoms with Gasteiger partial charge in [0.25, 0.3) is 0 Å². The minimum atomic E-state index is -0.510. The number of amides is 1. The van der Waals surface area contributed by atoms with Gasteiger partial charge in [-0.3, -0.25) is 4.79 Å². The molecule has 2 aliphatic heterocycles. The molecule has 2 saturated carbocycles. The van der Waals surface area contributed by atoms with Crippen molar-refractivity contribution in [1.29, 1.82) is 0 Å². The van der Waals surface area contributed by atoms with Gasteiger partial charge in [-0.25, -0.2) is 24.4 Å². The number of H-pyrrole nitrogens is 2. The number of aryl methyl sites for hydroxylation is 2. The molecule has 0 radical (unpaired) electrons. The third-order valence-electron chi connectivity index (χ3n) is 12.3. The van der Waals surface area contributed by atoms with Gasteiger partial charge in [-0.1, -0.05) is 25.0 Å². The van der Waals surface area contributed by atoms with E-state index in [1.807, 2.05) is 46.8 Å². The molecule has 2 fully saturated rings. The first-order chi connectivity index (χ1) is 30.1. The van der Waals surface area contributed by atoms with Crippen LogP contribution in [0.5, 0.6) is 0 Å². The third-order valence-corrected chi connectivity index (χ3v) is 12.3. The van der Waals surface area contributed by atoms with Crippen LogP contribution >= 0.6 is 12.4 Å². The van der Waals surface area contributed by atoms with Crippen molar-refractivity contribution in [3.8, 4) is 22.8 Å². The zero-order valence-electron chi connectivity index (χ0n) is 39.1. The van der Waals surface area contributed by atoms with Crippen molar-refractivity contribution in [2.75, 3.05) is 47.0 Å². The molecule has 1 amide bonds. The first kappa shape index (κ1) is 49.8. The number of ether oxygens (including phenoxy) is 4. The van der Waals surface area contributed by atoms with Crippen molar-refractivity contribution in [2.24, 2.45) is 0 Å². The van der Waals surface area contributed by atoms with E-state index in [4.69, 9.17) is 24.2 Å². The number of imidazole rings is 2. The number of methoxy groups -OCH3 is 2. The fourth-order valence-corrected chi connectivity index (χ4v) is 8.47. The minimum absolute atomic E-state index is 0. The van der Waals surface area contributed by atoms with Crippen molar-refractivity contribution in [3.05, 3.63) is 80.4 Å². The summed E-state index contributed by atoms with van der Waals surface area (Å²) >= 11 is 0. The van der Waals surface area contributed by atoms with Crippen LogP contribution in [0.1, 0.15) is 151 Å². The van der Waals surface area contributed by atoms with E-state index >= 15 is 0 Å². The number of hydrogen-bond donors (Lipinski definition) is 3. The summed E-state index contributed by atoms with van der Waals surface area (Å²) in [6.07, 6.45) is 10.3. The van der Waals surface area contributed by atoms with E-state index in [1.54, 1.807) is 11.8 Å². The number of carbonyl (C=O) groups excluding carboxylic acids is 4. The number of aromatic amines is 2. The first-order valence-electron chi connectivity index (χ1n) is 22.5. The van der Waals surface area contributed by atoms with Crippen LogP contribution in [0.3, 0.4) is 0 Å². The standard InChI is InChI=1S/C25H33N3O4.C20H25N3O2.C4H8O2.ClH/c1-15-13-18(16-7-6-8-16)19(14-17(15)23(29)31-5)22-26-20-9-11-28(12-10-21(20)27-22)24(30)32-25(2,3)4;1-12-10-15(13-4-3-5-13)16(11-14(12)20(24)25-2)19-22-17-6-8-21-9-7-18(17)23-19;1-3-6-4(2)5;/h13-14,16H,6-12H2,1-5H3,(H,26,27);10-11,13,21H,3-9H2,1-2H3,(H,22,23);3H2,1-2H3;1H. The van der Waals surface area contributed by atoms with E-state index in [-0.39, 0.29) is 36.4 Å². The quantitative estimate of drug-likeness (QED) is 0.119. The average molecular weight is 904 g/mol. The molecule has 2 aliphatic carbocycles. The Bertz CT molecular complexity index is 2240. The highest BCUT2D eigenvalue weighted by Gasteiger charge is 2.30. The van der Waals surface area contributed by atoms with Crippen LogP contribution in [-0.2, 0) is 49.4 Å². The topological polar surface area (TPSA) is 178 Å². The molecule has 0 atom stereocenters. The highest BCUT2D eigenvalue weighted by atomic mass is 35.5. The van der Waals surface area contributed by atoms with Gasteiger partial charge in [0.15, 0.2) is 0 Å². The van der Waals surface area contributed by atoms with Crippen molar-refractivity contribution in [1.82, 2.24) is 30.2 Å². The molecule has 4 aliphatic rings. The van der Waals surface area contributed by atoms with Gasteiger partial charge in [-0.15, -0.1) is 12.4 Å². The predicted octanol–water partition coefficient (Wildman–Crippen LogP) is 8.89. The molecule has 0 unspecified atom stereocenters. The molecule has 0 spiro atoms. The second-order valence-corrected chi connectivity index (χ2v) is 17.9. The molecule has 8 rings (SSSR count). The number of halogens is 1. The van der Waals surface area contributed by atoms with Gasteiger partial charge in [0.1, 0.15) is 17.2 Å². The normalized spacial score (nSPS) is 15.9. The number of rotatable bonds is 7. The van der Waals surface area contributed by atoms with E-state index in [2.05, 4.69) is 32.2 Å². The number of carbonyl (C=O) groups is 4. The summed E-state index contributed by atoms with van der Waals surface area (Å²) in [7, 11) is 2.84. The van der Waals surface area contributed by atoms with E-state index in [0.717, 1.165) is 89.8 Å². The van der Waals surface area contributed by atoms with Crippen molar-refractivity contribution in [2.45, 2.75) is 130 Å². The highest BCUT2D eigenvalue weighted by Crippen LogP contribution is 2.43. The van der Waals surface area contributed by atoms with Crippen LogP contribution in [0.2, 0.25) is 0 Å². The second kappa shape index (κ2) is 22.1. The number of benzene rings is 2. The third kappa shape index (κ3) is 12.1. The molecular weight excluding hydrogens is 836 g/mol. The molecule has 2 aromatic carbocycles. The van der Waals surface area contributed by atoms with Gasteiger partial charge in [0, 0.05) is 81.3 Å². The predicted molar refractivity (Wildman–Crippen MR) is 248 cm³/mol. The summed E-state index contributed by atoms with van der Waals surface area (Å²) in [5.74, 6) is 1.96. The van der Waals surface area contributed by atoms with Crippen molar-refractivity contribution >= 4 is 36.4 Å². The van der Waals surface area contributed by atoms with Crippen molar-refractivity contribution in [3.63, 3.8) is 0 Å². The maximum atomic E-state index is 12.5. The summed E-state index contributed by atoms with van der Waals surface area (Å²) in [5, 5.41) is 3.41. The summed E-state index contributed by atoms with van der Waals surface area (Å²) in [6, 6.07) is 8.20. The molecule has 4 heterocycles. The van der Waals surface area contributed by atoms with Gasteiger partial charge >= 0.3 is 24.0 Å². The lowest BCUT2D eigenvalue weighted by molar-refractivity contribution is -0.140. The second-order valence-electron chi connectivity index (χ2n) is 17.9. The number of hydrogen-bond acceptors (Lipinski definition) is 11. The Labute approximate surface area is 383 Å². The Kier molecular flexibility index (Phi) is 17.2. The summed E-state index contributed by atoms with van der Waals surface area (Å²) in [4.78, 5) is 65.4.